The van der Waals surface area contributed by atoms with Crippen molar-refractivity contribution in [2.75, 3.05) is 0 Å². The lowest BCUT2D eigenvalue weighted by Gasteiger charge is -2.08. The van der Waals surface area contributed by atoms with Crippen molar-refractivity contribution in [1.29, 1.82) is 0 Å². The summed E-state index contributed by atoms with van der Waals surface area (Å²) >= 11 is 5.71. The van der Waals surface area contributed by atoms with Gasteiger partial charge in [0, 0.05) is 16.8 Å². The zero-order valence-corrected chi connectivity index (χ0v) is 13.3. The van der Waals surface area contributed by atoms with Crippen LogP contribution < -0.4 is 5.43 Å². The smallest absolute Gasteiger partial charge is 0.289 e. The highest BCUT2D eigenvalue weighted by molar-refractivity contribution is 6.30. The van der Waals surface area contributed by atoms with Crippen molar-refractivity contribution in [3.05, 3.63) is 64.9 Å². The number of carbonyl (C=O) groups excluding carboxylic acids is 2. The molecular weight excluding hydrogens is 359 g/mol. The topological polar surface area (TPSA) is 71.4 Å². The van der Waals surface area contributed by atoms with Gasteiger partial charge in [-0.2, -0.15) is 18.3 Å². The van der Waals surface area contributed by atoms with Gasteiger partial charge >= 0.3 is 6.18 Å². The molecule has 0 saturated carbocycles. The third-order valence-electron chi connectivity index (χ3n) is 3.00. The fourth-order valence-electron chi connectivity index (χ4n) is 1.76. The normalized spacial score (nSPS) is 11.9. The van der Waals surface area contributed by atoms with Crippen molar-refractivity contribution >= 4 is 29.0 Å². The number of nitrogens with zero attached hydrogens (tertiary/aromatic N) is 2. The summed E-state index contributed by atoms with van der Waals surface area (Å²) in [5, 5.41) is 4.07. The van der Waals surface area contributed by atoms with Gasteiger partial charge in [-0.3, -0.25) is 14.6 Å². The molecule has 0 spiro atoms. The number of benzene rings is 1. The van der Waals surface area contributed by atoms with Gasteiger partial charge in [0.25, 0.3) is 5.91 Å². The van der Waals surface area contributed by atoms with Gasteiger partial charge < -0.3 is 0 Å². The Morgan fingerprint density at radius 3 is 2.36 bits per heavy atom. The summed E-state index contributed by atoms with van der Waals surface area (Å²) in [7, 11) is 0. The van der Waals surface area contributed by atoms with E-state index in [1.807, 2.05) is 0 Å². The van der Waals surface area contributed by atoms with Crippen LogP contribution in [-0.4, -0.2) is 28.6 Å². The summed E-state index contributed by atoms with van der Waals surface area (Å²) in [4.78, 5) is 27.1. The van der Waals surface area contributed by atoms with Crippen LogP contribution in [0.15, 0.2) is 53.8 Å². The number of pyridine rings is 1. The lowest BCUT2D eigenvalue weighted by Crippen LogP contribution is -2.28. The van der Waals surface area contributed by atoms with Gasteiger partial charge in [-0.25, -0.2) is 5.43 Å². The number of hydrogen-bond acceptors (Lipinski definition) is 4. The average Bonchev–Trinajstić information content (AvgIpc) is 2.58. The van der Waals surface area contributed by atoms with E-state index < -0.39 is 24.3 Å². The quantitative estimate of drug-likeness (QED) is 0.648. The molecule has 5 nitrogen and oxygen atoms in total. The van der Waals surface area contributed by atoms with Crippen LogP contribution in [0.2, 0.25) is 5.02 Å². The predicted molar refractivity (Wildman–Crippen MR) is 85.4 cm³/mol. The molecule has 2 aromatic rings. The SMILES string of the molecule is O=C(N/N=C(/CC(=O)C(F)(F)F)c1ccccn1)c1ccc(Cl)cc1. The molecule has 0 fully saturated rings. The van der Waals surface area contributed by atoms with Crippen LogP contribution in [0.4, 0.5) is 13.2 Å². The number of Topliss-reactive ketones (excluding diaryl/α,β-unsaturated/α-hetero) is 1. The number of rotatable bonds is 5. The first-order chi connectivity index (χ1) is 11.8. The van der Waals surface area contributed by atoms with Gasteiger partial charge in [0.1, 0.15) is 0 Å². The van der Waals surface area contributed by atoms with Crippen LogP contribution in [-0.2, 0) is 4.79 Å². The van der Waals surface area contributed by atoms with Crippen molar-refractivity contribution in [2.24, 2.45) is 5.10 Å². The molecule has 9 heteroatoms. The minimum atomic E-state index is -5.00. The van der Waals surface area contributed by atoms with E-state index in [1.54, 1.807) is 6.07 Å². The van der Waals surface area contributed by atoms with Gasteiger partial charge in [-0.15, -0.1) is 0 Å². The lowest BCUT2D eigenvalue weighted by atomic mass is 10.1. The third-order valence-corrected chi connectivity index (χ3v) is 3.26. The number of ketones is 1. The van der Waals surface area contributed by atoms with E-state index in [0.29, 0.717) is 5.02 Å². The molecule has 1 heterocycles. The van der Waals surface area contributed by atoms with E-state index >= 15 is 0 Å². The molecule has 0 bridgehead atoms. The first-order valence-electron chi connectivity index (χ1n) is 6.91. The van der Waals surface area contributed by atoms with E-state index in [9.17, 15) is 22.8 Å². The summed E-state index contributed by atoms with van der Waals surface area (Å²) in [6.45, 7) is 0. The maximum Gasteiger partial charge on any atom is 0.450 e. The molecule has 1 aromatic carbocycles. The van der Waals surface area contributed by atoms with Gasteiger partial charge in [0.15, 0.2) is 0 Å². The second-order valence-corrected chi connectivity index (χ2v) is 5.26. The summed E-state index contributed by atoms with van der Waals surface area (Å²) in [5.41, 5.74) is 2.08. The summed E-state index contributed by atoms with van der Waals surface area (Å²) in [6.07, 6.45) is -4.71. The second kappa shape index (κ2) is 7.89. The minimum absolute atomic E-state index is 0.0523. The van der Waals surface area contributed by atoms with Crippen molar-refractivity contribution < 1.29 is 22.8 Å². The van der Waals surface area contributed by atoms with Crippen LogP contribution in [0.5, 0.6) is 0 Å². The van der Waals surface area contributed by atoms with Gasteiger partial charge in [0.05, 0.1) is 17.8 Å². The van der Waals surface area contributed by atoms with Crippen LogP contribution in [0, 0.1) is 0 Å². The van der Waals surface area contributed by atoms with Crippen molar-refractivity contribution in [1.82, 2.24) is 10.4 Å². The largest absolute Gasteiger partial charge is 0.450 e. The minimum Gasteiger partial charge on any atom is -0.289 e. The molecular formula is C16H11ClF3N3O2. The molecule has 0 aliphatic heterocycles. The number of amides is 1. The Hall–Kier alpha value is -2.74. The molecule has 0 atom stereocenters. The standard InChI is InChI=1S/C16H11ClF3N3O2/c17-11-6-4-10(5-7-11)15(25)23-22-13(9-14(24)16(18,19)20)12-3-1-2-8-21-12/h1-8H,9H2,(H,23,25)/b22-13-. The van der Waals surface area contributed by atoms with E-state index in [4.69, 9.17) is 11.6 Å². The fraction of sp³-hybridized carbons (Fsp3) is 0.125. The third kappa shape index (κ3) is 5.39. The number of hydrogen-bond donors (Lipinski definition) is 1. The molecule has 2 rings (SSSR count). The van der Waals surface area contributed by atoms with Crippen LogP contribution in [0.1, 0.15) is 22.5 Å². The number of aromatic nitrogens is 1. The highest BCUT2D eigenvalue weighted by atomic mass is 35.5. The maximum atomic E-state index is 12.5. The number of halogens is 4. The first kappa shape index (κ1) is 18.6. The zero-order valence-electron chi connectivity index (χ0n) is 12.5. The molecule has 25 heavy (non-hydrogen) atoms. The summed E-state index contributed by atoms with van der Waals surface area (Å²) in [6, 6.07) is 10.3. The molecule has 1 N–H and O–H groups in total. The summed E-state index contributed by atoms with van der Waals surface area (Å²) < 4.78 is 37.5. The number of nitrogens with one attached hydrogen (secondary N) is 1. The Kier molecular flexibility index (Phi) is 5.87. The van der Waals surface area contributed by atoms with Gasteiger partial charge in [-0.05, 0) is 36.4 Å². The first-order valence-corrected chi connectivity index (χ1v) is 7.29. The summed E-state index contributed by atoms with van der Waals surface area (Å²) in [5.74, 6) is -2.65. The number of carbonyl (C=O) groups is 2. The molecule has 1 amide bonds. The second-order valence-electron chi connectivity index (χ2n) is 4.82. The van der Waals surface area contributed by atoms with Crippen LogP contribution in [0.25, 0.3) is 0 Å². The Bertz CT molecular complexity index is 791. The van der Waals surface area contributed by atoms with E-state index in [1.165, 1.54) is 42.6 Å². The molecule has 130 valence electrons. The predicted octanol–water partition coefficient (Wildman–Crippen LogP) is 3.39. The Balaban J connectivity index is 2.22. The molecule has 0 saturated heterocycles. The monoisotopic (exact) mass is 369 g/mol. The van der Waals surface area contributed by atoms with Gasteiger partial charge in [-0.1, -0.05) is 17.7 Å². The van der Waals surface area contributed by atoms with E-state index in [2.05, 4.69) is 15.5 Å². The zero-order chi connectivity index (χ0) is 18.4. The van der Waals surface area contributed by atoms with Crippen LogP contribution in [0.3, 0.4) is 0 Å². The van der Waals surface area contributed by atoms with Crippen molar-refractivity contribution in [3.63, 3.8) is 0 Å². The lowest BCUT2D eigenvalue weighted by molar-refractivity contribution is -0.169. The molecule has 0 unspecified atom stereocenters. The number of alkyl halides is 3. The van der Waals surface area contributed by atoms with E-state index in [-0.39, 0.29) is 17.0 Å². The van der Waals surface area contributed by atoms with Crippen molar-refractivity contribution in [3.8, 4) is 0 Å². The fourth-order valence-corrected chi connectivity index (χ4v) is 1.88. The average molecular weight is 370 g/mol. The van der Waals surface area contributed by atoms with E-state index in [0.717, 1.165) is 0 Å². The number of hydrazone groups is 1. The highest BCUT2D eigenvalue weighted by Crippen LogP contribution is 2.19. The molecule has 0 radical (unpaired) electrons. The Labute approximate surface area is 145 Å². The Morgan fingerprint density at radius 1 is 1.12 bits per heavy atom. The highest BCUT2D eigenvalue weighted by Gasteiger charge is 2.39. The Morgan fingerprint density at radius 2 is 1.80 bits per heavy atom. The van der Waals surface area contributed by atoms with Crippen molar-refractivity contribution in [2.45, 2.75) is 12.6 Å². The van der Waals surface area contributed by atoms with Crippen LogP contribution >= 0.6 is 11.6 Å². The molecule has 0 aliphatic carbocycles. The van der Waals surface area contributed by atoms with Gasteiger partial charge in [0.2, 0.25) is 5.78 Å². The molecule has 0 aliphatic rings. The molecule has 1 aromatic heterocycles. The maximum absolute atomic E-state index is 12.5.